The minimum Gasteiger partial charge on any atom is -0.329 e. The lowest BCUT2D eigenvalue weighted by Gasteiger charge is -2.27. The molecular weight excluding hydrogens is 294 g/mol. The fraction of sp³-hybridized carbons (Fsp3) is 0.385. The Morgan fingerprint density at radius 1 is 1.50 bits per heavy atom. The molecule has 0 radical (unpaired) electrons. The van der Waals surface area contributed by atoms with Gasteiger partial charge in [-0.1, -0.05) is 34.1 Å². The van der Waals surface area contributed by atoms with Gasteiger partial charge in [-0.2, -0.15) is 5.26 Å². The van der Waals surface area contributed by atoms with Crippen LogP contribution in [0, 0.1) is 11.3 Å². The predicted molar refractivity (Wildman–Crippen MR) is 71.8 cm³/mol. The van der Waals surface area contributed by atoms with Crippen LogP contribution in [0.2, 0.25) is 0 Å². The Bertz CT molecular complexity index is 521. The first kappa shape index (κ1) is 12.9. The summed E-state index contributed by atoms with van der Waals surface area (Å²) < 4.78 is 0.965. The zero-order chi connectivity index (χ0) is 13.3. The highest BCUT2D eigenvalue weighted by atomic mass is 79.9. The van der Waals surface area contributed by atoms with Crippen molar-refractivity contribution < 1.29 is 4.79 Å². The molecule has 2 rings (SSSR count). The van der Waals surface area contributed by atoms with Crippen LogP contribution in [0.4, 0.5) is 4.79 Å². The third kappa shape index (κ3) is 2.21. The summed E-state index contributed by atoms with van der Waals surface area (Å²) in [5.74, 6) is 0. The summed E-state index contributed by atoms with van der Waals surface area (Å²) in [6.07, 6.45) is 0. The van der Waals surface area contributed by atoms with E-state index in [1.165, 1.54) is 0 Å². The molecule has 1 aromatic rings. The number of benzene rings is 1. The smallest absolute Gasteiger partial charge is 0.319 e. The lowest BCUT2D eigenvalue weighted by atomic mass is 10.0. The molecule has 1 atom stereocenters. The maximum Gasteiger partial charge on any atom is 0.319 e. The fourth-order valence-electron chi connectivity index (χ4n) is 2.01. The maximum absolute atomic E-state index is 11.9. The maximum atomic E-state index is 11.9. The molecule has 1 aliphatic heterocycles. The largest absolute Gasteiger partial charge is 0.329 e. The van der Waals surface area contributed by atoms with E-state index in [4.69, 9.17) is 5.26 Å². The van der Waals surface area contributed by atoms with Gasteiger partial charge in [-0.25, -0.2) is 4.79 Å². The predicted octanol–water partition coefficient (Wildman–Crippen LogP) is 2.82. The second-order valence-electron chi connectivity index (χ2n) is 4.81. The van der Waals surface area contributed by atoms with Gasteiger partial charge in [-0.05, 0) is 25.5 Å². The Hall–Kier alpha value is -1.54. The van der Waals surface area contributed by atoms with Crippen LogP contribution in [-0.4, -0.2) is 23.0 Å². The van der Waals surface area contributed by atoms with Crippen LogP contribution in [0.1, 0.15) is 25.5 Å². The number of hydrogen-bond acceptors (Lipinski definition) is 2. The van der Waals surface area contributed by atoms with Gasteiger partial charge >= 0.3 is 6.03 Å². The van der Waals surface area contributed by atoms with Gasteiger partial charge in [0.25, 0.3) is 0 Å². The molecule has 0 bridgehead atoms. The van der Waals surface area contributed by atoms with Gasteiger partial charge in [-0.15, -0.1) is 0 Å². The van der Waals surface area contributed by atoms with Crippen molar-refractivity contribution in [1.29, 1.82) is 5.26 Å². The highest BCUT2D eigenvalue weighted by Crippen LogP contribution is 2.30. The Kier molecular flexibility index (Phi) is 3.31. The summed E-state index contributed by atoms with van der Waals surface area (Å²) in [7, 11) is 0. The summed E-state index contributed by atoms with van der Waals surface area (Å²) in [5, 5.41) is 12.0. The topological polar surface area (TPSA) is 56.1 Å². The molecule has 1 unspecified atom stereocenters. The number of nitrogens with zero attached hydrogens (tertiary/aromatic N) is 2. The Morgan fingerprint density at radius 2 is 2.17 bits per heavy atom. The third-order valence-electron chi connectivity index (χ3n) is 3.14. The molecule has 94 valence electrons. The number of nitrogens with one attached hydrogen (secondary N) is 1. The molecule has 0 aliphatic carbocycles. The molecule has 18 heavy (non-hydrogen) atoms. The van der Waals surface area contributed by atoms with Crippen LogP contribution in [0.3, 0.4) is 0 Å². The molecule has 0 spiro atoms. The van der Waals surface area contributed by atoms with Crippen molar-refractivity contribution in [2.45, 2.75) is 25.4 Å². The second kappa shape index (κ2) is 4.62. The zero-order valence-corrected chi connectivity index (χ0v) is 11.9. The molecule has 1 saturated heterocycles. The summed E-state index contributed by atoms with van der Waals surface area (Å²) in [6.45, 7) is 3.99. The number of carbonyl (C=O) groups excluding carboxylic acids is 1. The van der Waals surface area contributed by atoms with E-state index in [9.17, 15) is 4.79 Å². The van der Waals surface area contributed by atoms with Crippen molar-refractivity contribution in [2.75, 3.05) is 6.54 Å². The lowest BCUT2D eigenvalue weighted by molar-refractivity contribution is 0.186. The molecule has 1 heterocycles. The van der Waals surface area contributed by atoms with Crippen molar-refractivity contribution in [1.82, 2.24) is 10.2 Å². The minimum absolute atomic E-state index is 0.0827. The molecular formula is C13H14BrN3O. The Labute approximate surface area is 115 Å². The minimum atomic E-state index is -0.792. The SMILES string of the molecule is CC(C)(C#N)N1CC(c2ccccc2Br)NC1=O. The monoisotopic (exact) mass is 307 g/mol. The number of urea groups is 1. The van der Waals surface area contributed by atoms with Gasteiger partial charge in [0.15, 0.2) is 0 Å². The van der Waals surface area contributed by atoms with Gasteiger partial charge in [0.1, 0.15) is 5.54 Å². The Morgan fingerprint density at radius 3 is 2.78 bits per heavy atom. The first-order valence-electron chi connectivity index (χ1n) is 5.69. The standard InChI is InChI=1S/C13H14BrN3O/c1-13(2,8-15)17-7-11(16-12(17)18)9-5-3-4-6-10(9)14/h3-6,11H,7H2,1-2H3,(H,16,18). The van der Waals surface area contributed by atoms with Crippen LogP contribution in [0.5, 0.6) is 0 Å². The van der Waals surface area contributed by atoms with E-state index in [1.54, 1.807) is 18.7 Å². The molecule has 5 heteroatoms. The number of amides is 2. The van der Waals surface area contributed by atoms with Crippen molar-refractivity contribution >= 4 is 22.0 Å². The fourth-order valence-corrected chi connectivity index (χ4v) is 2.58. The van der Waals surface area contributed by atoms with Crippen molar-refractivity contribution in [3.8, 4) is 6.07 Å². The normalized spacial score (nSPS) is 19.6. The molecule has 1 aliphatic rings. The quantitative estimate of drug-likeness (QED) is 0.913. The van der Waals surface area contributed by atoms with Crippen LogP contribution in [-0.2, 0) is 0 Å². The van der Waals surface area contributed by atoms with Crippen molar-refractivity contribution in [2.24, 2.45) is 0 Å². The summed E-state index contributed by atoms with van der Waals surface area (Å²) in [5.41, 5.74) is 0.238. The summed E-state index contributed by atoms with van der Waals surface area (Å²) in [4.78, 5) is 13.5. The summed E-state index contributed by atoms with van der Waals surface area (Å²) >= 11 is 3.48. The molecule has 0 aromatic heterocycles. The van der Waals surface area contributed by atoms with E-state index < -0.39 is 5.54 Å². The highest BCUT2D eigenvalue weighted by Gasteiger charge is 2.39. The van der Waals surface area contributed by atoms with Crippen LogP contribution >= 0.6 is 15.9 Å². The number of hydrogen-bond donors (Lipinski definition) is 1. The van der Waals surface area contributed by atoms with E-state index >= 15 is 0 Å². The number of halogens is 1. The lowest BCUT2D eigenvalue weighted by Crippen LogP contribution is -2.44. The number of nitriles is 1. The van der Waals surface area contributed by atoms with E-state index in [1.807, 2.05) is 24.3 Å². The molecule has 2 amide bonds. The molecule has 4 nitrogen and oxygen atoms in total. The van der Waals surface area contributed by atoms with Crippen LogP contribution < -0.4 is 5.32 Å². The van der Waals surface area contributed by atoms with Gasteiger partial charge in [0.2, 0.25) is 0 Å². The number of carbonyl (C=O) groups is 1. The van der Waals surface area contributed by atoms with Gasteiger partial charge in [0.05, 0.1) is 12.1 Å². The molecule has 1 N–H and O–H groups in total. The zero-order valence-electron chi connectivity index (χ0n) is 10.3. The van der Waals surface area contributed by atoms with Crippen LogP contribution in [0.15, 0.2) is 28.7 Å². The molecule has 1 fully saturated rings. The highest BCUT2D eigenvalue weighted by molar-refractivity contribution is 9.10. The number of rotatable bonds is 2. The average molecular weight is 308 g/mol. The molecule has 0 saturated carbocycles. The third-order valence-corrected chi connectivity index (χ3v) is 3.86. The van der Waals surface area contributed by atoms with E-state index in [-0.39, 0.29) is 12.1 Å². The van der Waals surface area contributed by atoms with E-state index in [0.717, 1.165) is 10.0 Å². The van der Waals surface area contributed by atoms with Gasteiger partial charge < -0.3 is 10.2 Å². The second-order valence-corrected chi connectivity index (χ2v) is 5.66. The van der Waals surface area contributed by atoms with E-state index in [2.05, 4.69) is 27.3 Å². The van der Waals surface area contributed by atoms with Crippen LogP contribution in [0.25, 0.3) is 0 Å². The molecule has 1 aromatic carbocycles. The summed E-state index contributed by atoms with van der Waals surface area (Å²) in [6, 6.07) is 9.66. The van der Waals surface area contributed by atoms with E-state index in [0.29, 0.717) is 6.54 Å². The van der Waals surface area contributed by atoms with Gasteiger partial charge in [-0.3, -0.25) is 0 Å². The first-order valence-corrected chi connectivity index (χ1v) is 6.49. The van der Waals surface area contributed by atoms with Gasteiger partial charge in [0, 0.05) is 11.0 Å². The average Bonchev–Trinajstić information content (AvgIpc) is 2.72. The Balaban J connectivity index is 2.25. The van der Waals surface area contributed by atoms with Crippen molar-refractivity contribution in [3.05, 3.63) is 34.3 Å². The first-order chi connectivity index (χ1) is 8.45. The van der Waals surface area contributed by atoms with Crippen molar-refractivity contribution in [3.63, 3.8) is 0 Å².